The first-order valence-electron chi connectivity index (χ1n) is 7.56. The first kappa shape index (κ1) is 17.9. The molecule has 0 heterocycles. The number of hydrogen-bond acceptors (Lipinski definition) is 3. The smallest absolute Gasteiger partial charge is 0.191 e. The lowest BCUT2D eigenvalue weighted by Crippen LogP contribution is -2.41. The van der Waals surface area contributed by atoms with E-state index in [9.17, 15) is 4.79 Å². The quantitative estimate of drug-likeness (QED) is 0.551. The van der Waals surface area contributed by atoms with Crippen molar-refractivity contribution < 1.29 is 14.0 Å². The van der Waals surface area contributed by atoms with E-state index in [1.807, 2.05) is 19.1 Å². The second-order valence-electron chi connectivity index (χ2n) is 6.78. The molecular formula is C17H28O3Si. The monoisotopic (exact) mass is 308 g/mol. The van der Waals surface area contributed by atoms with E-state index in [4.69, 9.17) is 9.16 Å². The van der Waals surface area contributed by atoms with Crippen molar-refractivity contribution in [1.29, 1.82) is 0 Å². The Kier molecular flexibility index (Phi) is 6.17. The van der Waals surface area contributed by atoms with Gasteiger partial charge >= 0.3 is 0 Å². The standard InChI is InChI=1S/C17H28O3Si/c1-7-19-16-9-8-14(13-18)12-15(16)10-11-20-21(5,6)17(2,3)4/h8-9,12-13H,7,10-11H2,1-6H3. The summed E-state index contributed by atoms with van der Waals surface area (Å²) in [5.41, 5.74) is 1.72. The van der Waals surface area contributed by atoms with Gasteiger partial charge in [-0.15, -0.1) is 0 Å². The van der Waals surface area contributed by atoms with E-state index in [-0.39, 0.29) is 5.04 Å². The minimum Gasteiger partial charge on any atom is -0.494 e. The van der Waals surface area contributed by atoms with Gasteiger partial charge in [0, 0.05) is 12.2 Å². The van der Waals surface area contributed by atoms with E-state index in [2.05, 4.69) is 33.9 Å². The third kappa shape index (κ3) is 4.97. The van der Waals surface area contributed by atoms with Crippen LogP contribution in [0.4, 0.5) is 0 Å². The Morgan fingerprint density at radius 2 is 1.90 bits per heavy atom. The molecule has 0 N–H and O–H groups in total. The van der Waals surface area contributed by atoms with Crippen molar-refractivity contribution in [2.45, 2.75) is 52.2 Å². The zero-order chi connectivity index (χ0) is 16.1. The van der Waals surface area contributed by atoms with Crippen LogP contribution in [0.15, 0.2) is 18.2 Å². The average molecular weight is 308 g/mol. The molecule has 21 heavy (non-hydrogen) atoms. The third-order valence-electron chi connectivity index (χ3n) is 4.16. The van der Waals surface area contributed by atoms with E-state index in [0.29, 0.717) is 18.8 Å². The molecule has 1 aromatic carbocycles. The highest BCUT2D eigenvalue weighted by atomic mass is 28.4. The summed E-state index contributed by atoms with van der Waals surface area (Å²) in [6, 6.07) is 5.55. The molecule has 0 radical (unpaired) electrons. The lowest BCUT2D eigenvalue weighted by molar-refractivity contribution is 0.112. The Hall–Kier alpha value is -1.13. The molecule has 1 aromatic rings. The van der Waals surface area contributed by atoms with Crippen LogP contribution >= 0.6 is 0 Å². The van der Waals surface area contributed by atoms with Crippen LogP contribution in [0.3, 0.4) is 0 Å². The fourth-order valence-corrected chi connectivity index (χ4v) is 2.84. The molecule has 0 saturated heterocycles. The predicted molar refractivity (Wildman–Crippen MR) is 89.9 cm³/mol. The topological polar surface area (TPSA) is 35.5 Å². The summed E-state index contributed by atoms with van der Waals surface area (Å²) in [6.45, 7) is 14.4. The third-order valence-corrected chi connectivity index (χ3v) is 8.70. The molecule has 0 aromatic heterocycles. The minimum absolute atomic E-state index is 0.209. The Labute approximate surface area is 129 Å². The van der Waals surface area contributed by atoms with E-state index in [1.165, 1.54) is 0 Å². The first-order chi connectivity index (χ1) is 9.71. The number of ether oxygens (including phenoxy) is 1. The van der Waals surface area contributed by atoms with Gasteiger partial charge < -0.3 is 9.16 Å². The second kappa shape index (κ2) is 7.23. The molecular weight excluding hydrogens is 280 g/mol. The van der Waals surface area contributed by atoms with Crippen molar-refractivity contribution in [3.8, 4) is 5.75 Å². The lowest BCUT2D eigenvalue weighted by atomic mass is 10.1. The van der Waals surface area contributed by atoms with Gasteiger partial charge in [0.05, 0.1) is 6.61 Å². The van der Waals surface area contributed by atoms with Gasteiger partial charge in [-0.3, -0.25) is 4.79 Å². The van der Waals surface area contributed by atoms with Gasteiger partial charge in [0.1, 0.15) is 12.0 Å². The van der Waals surface area contributed by atoms with Gasteiger partial charge in [0.25, 0.3) is 0 Å². The van der Waals surface area contributed by atoms with Crippen LogP contribution in [0.5, 0.6) is 5.75 Å². The molecule has 0 atom stereocenters. The van der Waals surface area contributed by atoms with Gasteiger partial charge in [0.15, 0.2) is 8.32 Å². The molecule has 0 fully saturated rings. The summed E-state index contributed by atoms with van der Waals surface area (Å²) in [7, 11) is -1.73. The predicted octanol–water partition coefficient (Wildman–Crippen LogP) is 4.46. The summed E-state index contributed by atoms with van der Waals surface area (Å²) < 4.78 is 11.8. The highest BCUT2D eigenvalue weighted by Crippen LogP contribution is 2.36. The number of aldehydes is 1. The van der Waals surface area contributed by atoms with Crippen LogP contribution in [-0.2, 0) is 10.8 Å². The molecule has 1 rings (SSSR count). The van der Waals surface area contributed by atoms with Crippen molar-refractivity contribution in [2.75, 3.05) is 13.2 Å². The molecule has 0 unspecified atom stereocenters. The maximum atomic E-state index is 10.9. The summed E-state index contributed by atoms with van der Waals surface area (Å²) in [5, 5.41) is 0.209. The summed E-state index contributed by atoms with van der Waals surface area (Å²) in [6.07, 6.45) is 1.64. The van der Waals surface area contributed by atoms with Crippen molar-refractivity contribution >= 4 is 14.6 Å². The molecule has 0 aliphatic rings. The van der Waals surface area contributed by atoms with Crippen LogP contribution in [0.25, 0.3) is 0 Å². The van der Waals surface area contributed by atoms with Gasteiger partial charge in [-0.25, -0.2) is 0 Å². The van der Waals surface area contributed by atoms with Crippen molar-refractivity contribution in [3.63, 3.8) is 0 Å². The van der Waals surface area contributed by atoms with Crippen LogP contribution in [-0.4, -0.2) is 27.8 Å². The highest BCUT2D eigenvalue weighted by molar-refractivity contribution is 6.74. The molecule has 0 amide bonds. The van der Waals surface area contributed by atoms with Crippen LogP contribution in [0.2, 0.25) is 18.1 Å². The minimum atomic E-state index is -1.73. The van der Waals surface area contributed by atoms with Crippen molar-refractivity contribution in [1.82, 2.24) is 0 Å². The maximum Gasteiger partial charge on any atom is 0.191 e. The number of carbonyl (C=O) groups excluding carboxylic acids is 1. The molecule has 0 aliphatic carbocycles. The molecule has 0 saturated carbocycles. The number of rotatable bonds is 7. The number of hydrogen-bond donors (Lipinski definition) is 0. The molecule has 0 spiro atoms. The summed E-state index contributed by atoms with van der Waals surface area (Å²) in [4.78, 5) is 10.9. The van der Waals surface area contributed by atoms with Crippen LogP contribution < -0.4 is 4.74 Å². The Bertz CT molecular complexity index is 475. The summed E-state index contributed by atoms with van der Waals surface area (Å²) in [5.74, 6) is 0.849. The van der Waals surface area contributed by atoms with E-state index >= 15 is 0 Å². The average Bonchev–Trinajstić information content (AvgIpc) is 2.39. The fourth-order valence-electron chi connectivity index (χ4n) is 1.80. The summed E-state index contributed by atoms with van der Waals surface area (Å²) >= 11 is 0. The van der Waals surface area contributed by atoms with E-state index in [0.717, 1.165) is 24.0 Å². The zero-order valence-electron chi connectivity index (χ0n) is 14.2. The number of benzene rings is 1. The number of carbonyl (C=O) groups is 1. The van der Waals surface area contributed by atoms with Gasteiger partial charge in [-0.1, -0.05) is 20.8 Å². The van der Waals surface area contributed by atoms with Gasteiger partial charge in [-0.05, 0) is 55.2 Å². The largest absolute Gasteiger partial charge is 0.494 e. The highest BCUT2D eigenvalue weighted by Gasteiger charge is 2.36. The van der Waals surface area contributed by atoms with E-state index < -0.39 is 8.32 Å². The van der Waals surface area contributed by atoms with Crippen LogP contribution in [0, 0.1) is 0 Å². The van der Waals surface area contributed by atoms with Gasteiger partial charge in [0.2, 0.25) is 0 Å². The van der Waals surface area contributed by atoms with Crippen LogP contribution in [0.1, 0.15) is 43.6 Å². The van der Waals surface area contributed by atoms with E-state index in [1.54, 1.807) is 6.07 Å². The van der Waals surface area contributed by atoms with Gasteiger partial charge in [-0.2, -0.15) is 0 Å². The maximum absolute atomic E-state index is 10.9. The fraction of sp³-hybridized carbons (Fsp3) is 0.588. The Morgan fingerprint density at radius 1 is 1.24 bits per heavy atom. The molecule has 4 heteroatoms. The first-order valence-corrected chi connectivity index (χ1v) is 10.5. The SMILES string of the molecule is CCOc1ccc(C=O)cc1CCO[Si](C)(C)C(C)(C)C. The van der Waals surface area contributed by atoms with Crippen molar-refractivity contribution in [2.24, 2.45) is 0 Å². The Balaban J connectivity index is 2.76. The normalized spacial score (nSPS) is 12.3. The second-order valence-corrected chi connectivity index (χ2v) is 11.6. The molecule has 0 bridgehead atoms. The van der Waals surface area contributed by atoms with Crippen molar-refractivity contribution in [3.05, 3.63) is 29.3 Å². The lowest BCUT2D eigenvalue weighted by Gasteiger charge is -2.36. The Morgan fingerprint density at radius 3 is 2.43 bits per heavy atom. The zero-order valence-corrected chi connectivity index (χ0v) is 15.2. The molecule has 3 nitrogen and oxygen atoms in total. The molecule has 0 aliphatic heterocycles. The molecule has 118 valence electrons.